The van der Waals surface area contributed by atoms with Gasteiger partial charge in [-0.2, -0.15) is 0 Å². The number of nitrogens with one attached hydrogen (secondary N) is 1. The van der Waals surface area contributed by atoms with Crippen molar-refractivity contribution in [3.8, 4) is 0 Å². The molecule has 174 valence electrons. The first-order valence-corrected chi connectivity index (χ1v) is 11.5. The van der Waals surface area contributed by atoms with Crippen molar-refractivity contribution < 1.29 is 9.13 Å². The van der Waals surface area contributed by atoms with Crippen LogP contribution in [0.5, 0.6) is 0 Å². The minimum absolute atomic E-state index is 0.205. The molecular weight excluding hydrogens is 409 g/mol. The van der Waals surface area contributed by atoms with Crippen molar-refractivity contribution in [3.05, 3.63) is 36.6 Å². The molecule has 0 radical (unpaired) electrons. The zero-order valence-electron chi connectivity index (χ0n) is 18.7. The van der Waals surface area contributed by atoms with Crippen molar-refractivity contribution >= 4 is 17.3 Å². The van der Waals surface area contributed by atoms with Crippen LogP contribution in [0.25, 0.3) is 0 Å². The second kappa shape index (κ2) is 10.3. The minimum Gasteiger partial charge on any atom is -0.396 e. The van der Waals surface area contributed by atoms with Gasteiger partial charge in [-0.15, -0.1) is 0 Å². The van der Waals surface area contributed by atoms with Gasteiger partial charge in [0.05, 0.1) is 42.8 Å². The molecule has 1 saturated carbocycles. The molecule has 2 heterocycles. The summed E-state index contributed by atoms with van der Waals surface area (Å²) in [6.45, 7) is 1.65. The highest BCUT2D eigenvalue weighted by Crippen LogP contribution is 2.42. The standard InChI is InChI=1S/C23H34FN7O/c1-31-14-19(28-13-20(31)26)18-8-3-7-17(15-5-2-6-15)22(21(18)24)32-10-4-9-27-23-29-11-16(25)12-30-23/h3,8,11-13,15,17-18,21-22H,2,4-7,9-10,14,25-26H2,1H3,(H,27,29,30)/t17?,18?,21?,22-/m1/s1. The molecule has 1 aliphatic heterocycles. The van der Waals surface area contributed by atoms with Crippen molar-refractivity contribution in [2.45, 2.75) is 44.4 Å². The van der Waals surface area contributed by atoms with Gasteiger partial charge in [0.25, 0.3) is 0 Å². The summed E-state index contributed by atoms with van der Waals surface area (Å²) in [5, 5.41) is 3.15. The third-order valence-electron chi connectivity index (χ3n) is 6.76. The summed E-state index contributed by atoms with van der Waals surface area (Å²) in [5.74, 6) is 1.48. The number of rotatable bonds is 8. The molecule has 32 heavy (non-hydrogen) atoms. The fourth-order valence-electron chi connectivity index (χ4n) is 4.64. The summed E-state index contributed by atoms with van der Waals surface area (Å²) >= 11 is 0. The van der Waals surface area contributed by atoms with Crippen LogP contribution in [0.4, 0.5) is 16.0 Å². The van der Waals surface area contributed by atoms with Crippen LogP contribution in [0, 0.1) is 17.8 Å². The lowest BCUT2D eigenvalue weighted by atomic mass is 9.71. The van der Waals surface area contributed by atoms with Crippen LogP contribution in [0.1, 0.15) is 32.1 Å². The Morgan fingerprint density at radius 1 is 1.25 bits per heavy atom. The van der Waals surface area contributed by atoms with E-state index in [1.54, 1.807) is 18.6 Å². The number of hydrogen-bond donors (Lipinski definition) is 3. The number of alkyl halides is 1. The molecule has 4 rings (SSSR count). The lowest BCUT2D eigenvalue weighted by molar-refractivity contribution is -0.0667. The number of aromatic nitrogens is 2. The second-order valence-corrected chi connectivity index (χ2v) is 8.98. The number of nitrogens with zero attached hydrogens (tertiary/aromatic N) is 4. The number of ether oxygens (including phenoxy) is 1. The Bertz CT molecular complexity index is 852. The van der Waals surface area contributed by atoms with E-state index in [2.05, 4.69) is 26.4 Å². The van der Waals surface area contributed by atoms with E-state index in [4.69, 9.17) is 16.2 Å². The topological polar surface area (TPSA) is 115 Å². The third kappa shape index (κ3) is 5.20. The fraction of sp³-hybridized carbons (Fsp3) is 0.609. The predicted octanol–water partition coefficient (Wildman–Crippen LogP) is 2.72. The Kier molecular flexibility index (Phi) is 7.24. The quantitative estimate of drug-likeness (QED) is 0.418. The molecule has 9 heteroatoms. The average Bonchev–Trinajstić information content (AvgIpc) is 2.89. The highest BCUT2D eigenvalue weighted by atomic mass is 19.1. The monoisotopic (exact) mass is 443 g/mol. The number of anilines is 2. The molecule has 0 bridgehead atoms. The molecule has 2 aliphatic carbocycles. The second-order valence-electron chi connectivity index (χ2n) is 8.98. The SMILES string of the molecule is CN1CC(C2C=CCC(C3CCC3)[C@@H](OCCCNc3ncc(N)cn3)C2F)=NC=C1N. The molecule has 3 unspecified atom stereocenters. The van der Waals surface area contributed by atoms with E-state index >= 15 is 4.39 Å². The zero-order valence-corrected chi connectivity index (χ0v) is 18.7. The molecule has 0 aromatic carbocycles. The first-order chi connectivity index (χ1) is 15.5. The molecule has 5 N–H and O–H groups in total. The summed E-state index contributed by atoms with van der Waals surface area (Å²) < 4.78 is 22.2. The number of nitrogens with two attached hydrogens (primary N) is 2. The van der Waals surface area contributed by atoms with E-state index in [9.17, 15) is 0 Å². The van der Waals surface area contributed by atoms with Gasteiger partial charge in [0.15, 0.2) is 0 Å². The molecule has 1 aromatic rings. The molecule has 1 aromatic heterocycles. The first kappa shape index (κ1) is 22.5. The summed E-state index contributed by atoms with van der Waals surface area (Å²) in [4.78, 5) is 14.6. The molecule has 0 amide bonds. The highest BCUT2D eigenvalue weighted by Gasteiger charge is 2.43. The largest absolute Gasteiger partial charge is 0.396 e. The Morgan fingerprint density at radius 3 is 2.72 bits per heavy atom. The van der Waals surface area contributed by atoms with E-state index in [1.807, 2.05) is 18.0 Å². The van der Waals surface area contributed by atoms with E-state index in [0.29, 0.717) is 43.1 Å². The van der Waals surface area contributed by atoms with Gasteiger partial charge in [0.1, 0.15) is 12.0 Å². The third-order valence-corrected chi connectivity index (χ3v) is 6.76. The van der Waals surface area contributed by atoms with Crippen LogP contribution >= 0.6 is 0 Å². The van der Waals surface area contributed by atoms with Gasteiger partial charge >= 0.3 is 0 Å². The summed E-state index contributed by atoms with van der Waals surface area (Å²) in [5.41, 5.74) is 12.9. The van der Waals surface area contributed by atoms with Crippen molar-refractivity contribution in [1.29, 1.82) is 0 Å². The van der Waals surface area contributed by atoms with Gasteiger partial charge in [-0.1, -0.05) is 31.4 Å². The molecule has 4 atom stereocenters. The maximum absolute atomic E-state index is 16.0. The normalized spacial score (nSPS) is 28.5. The highest BCUT2D eigenvalue weighted by molar-refractivity contribution is 5.92. The molecule has 0 spiro atoms. The zero-order chi connectivity index (χ0) is 22.5. The smallest absolute Gasteiger partial charge is 0.222 e. The van der Waals surface area contributed by atoms with Crippen molar-refractivity contribution in [2.24, 2.45) is 28.5 Å². The van der Waals surface area contributed by atoms with Gasteiger partial charge in [-0.3, -0.25) is 4.99 Å². The molecule has 1 fully saturated rings. The number of hydrogen-bond acceptors (Lipinski definition) is 8. The lowest BCUT2D eigenvalue weighted by Gasteiger charge is -2.40. The van der Waals surface area contributed by atoms with Gasteiger partial charge in [-0.05, 0) is 24.7 Å². The van der Waals surface area contributed by atoms with Crippen LogP contribution in [-0.4, -0.2) is 59.6 Å². The van der Waals surface area contributed by atoms with E-state index in [0.717, 1.165) is 31.4 Å². The Morgan fingerprint density at radius 2 is 2.03 bits per heavy atom. The first-order valence-electron chi connectivity index (χ1n) is 11.5. The Balaban J connectivity index is 1.38. The Hall–Kier alpha value is -2.68. The summed E-state index contributed by atoms with van der Waals surface area (Å²) in [7, 11) is 1.90. The lowest BCUT2D eigenvalue weighted by Crippen LogP contribution is -2.45. The maximum atomic E-state index is 16.0. The predicted molar refractivity (Wildman–Crippen MR) is 125 cm³/mol. The number of aliphatic imine (C=N–C) groups is 1. The van der Waals surface area contributed by atoms with Crippen LogP contribution in [-0.2, 0) is 4.74 Å². The van der Waals surface area contributed by atoms with Gasteiger partial charge in [0, 0.05) is 25.9 Å². The van der Waals surface area contributed by atoms with Crippen LogP contribution < -0.4 is 16.8 Å². The molecular formula is C23H34FN7O. The van der Waals surface area contributed by atoms with Gasteiger partial charge in [0.2, 0.25) is 5.95 Å². The van der Waals surface area contributed by atoms with E-state index in [-0.39, 0.29) is 5.92 Å². The molecule has 8 nitrogen and oxygen atoms in total. The fourth-order valence-corrected chi connectivity index (χ4v) is 4.64. The number of allylic oxidation sites excluding steroid dienone is 2. The average molecular weight is 444 g/mol. The van der Waals surface area contributed by atoms with Gasteiger partial charge in [-0.25, -0.2) is 14.4 Å². The van der Waals surface area contributed by atoms with Crippen molar-refractivity contribution in [2.75, 3.05) is 37.8 Å². The number of halogens is 1. The molecule has 0 saturated heterocycles. The number of nitrogen functional groups attached to an aromatic ring is 1. The summed E-state index contributed by atoms with van der Waals surface area (Å²) in [6, 6.07) is 0. The minimum atomic E-state index is -1.13. The van der Waals surface area contributed by atoms with Crippen LogP contribution in [0.2, 0.25) is 0 Å². The van der Waals surface area contributed by atoms with E-state index < -0.39 is 18.2 Å². The Labute approximate surface area is 189 Å². The van der Waals surface area contributed by atoms with Crippen molar-refractivity contribution in [3.63, 3.8) is 0 Å². The maximum Gasteiger partial charge on any atom is 0.222 e. The van der Waals surface area contributed by atoms with E-state index in [1.165, 1.54) is 6.42 Å². The van der Waals surface area contributed by atoms with Crippen LogP contribution in [0.3, 0.4) is 0 Å². The van der Waals surface area contributed by atoms with Crippen molar-refractivity contribution in [1.82, 2.24) is 14.9 Å². The van der Waals surface area contributed by atoms with Gasteiger partial charge < -0.3 is 26.4 Å². The summed E-state index contributed by atoms with van der Waals surface area (Å²) in [6.07, 6.45) is 12.4. The van der Waals surface area contributed by atoms with Crippen LogP contribution in [0.15, 0.2) is 41.6 Å². The molecule has 3 aliphatic rings.